The largest absolute Gasteiger partial charge is 0.346 e. The lowest BCUT2D eigenvalue weighted by molar-refractivity contribution is 0.0913. The standard InChI is InChI=1S/C24H24ClFN4O/c1-15-21(23(31)28-24(2,3)4)29-30(22(15)17-8-10-18(25)11-9-17)20-12-7-16(6-5-13-27)14-19(20)26/h7-12,14H,13,27H2,1-4H3,(H,28,31). The van der Waals surface area contributed by atoms with Crippen LogP contribution in [-0.4, -0.2) is 27.8 Å². The van der Waals surface area contributed by atoms with Crippen molar-refractivity contribution < 1.29 is 9.18 Å². The Morgan fingerprint density at radius 1 is 1.23 bits per heavy atom. The number of carbonyl (C=O) groups excluding carboxylic acids is 1. The van der Waals surface area contributed by atoms with Crippen molar-refractivity contribution in [3.63, 3.8) is 0 Å². The van der Waals surface area contributed by atoms with Crippen LogP contribution in [0.15, 0.2) is 42.5 Å². The van der Waals surface area contributed by atoms with Crippen LogP contribution in [-0.2, 0) is 0 Å². The van der Waals surface area contributed by atoms with Gasteiger partial charge in [-0.15, -0.1) is 0 Å². The maximum absolute atomic E-state index is 15.1. The highest BCUT2D eigenvalue weighted by Gasteiger charge is 2.25. The summed E-state index contributed by atoms with van der Waals surface area (Å²) >= 11 is 6.04. The monoisotopic (exact) mass is 438 g/mol. The first kappa shape index (κ1) is 22.5. The number of aromatic nitrogens is 2. The van der Waals surface area contributed by atoms with Crippen LogP contribution < -0.4 is 11.1 Å². The summed E-state index contributed by atoms with van der Waals surface area (Å²) in [6, 6.07) is 11.7. The Bertz CT molecular complexity index is 1180. The molecule has 0 aliphatic carbocycles. The van der Waals surface area contributed by atoms with Crippen molar-refractivity contribution in [3.05, 3.63) is 70.1 Å². The van der Waals surface area contributed by atoms with Gasteiger partial charge in [-0.1, -0.05) is 35.6 Å². The molecule has 0 spiro atoms. The average molecular weight is 439 g/mol. The van der Waals surface area contributed by atoms with E-state index in [1.807, 2.05) is 32.9 Å². The maximum atomic E-state index is 15.1. The van der Waals surface area contributed by atoms with E-state index in [0.29, 0.717) is 21.8 Å². The quantitative estimate of drug-likeness (QED) is 0.592. The Kier molecular flexibility index (Phi) is 6.49. The third kappa shape index (κ3) is 5.13. The molecule has 0 saturated heterocycles. The van der Waals surface area contributed by atoms with Gasteiger partial charge in [0.05, 0.1) is 12.2 Å². The zero-order valence-electron chi connectivity index (χ0n) is 17.9. The van der Waals surface area contributed by atoms with E-state index in [1.165, 1.54) is 10.7 Å². The van der Waals surface area contributed by atoms with Gasteiger partial charge in [-0.25, -0.2) is 9.07 Å². The summed E-state index contributed by atoms with van der Waals surface area (Å²) in [6.45, 7) is 7.65. The highest BCUT2D eigenvalue weighted by Crippen LogP contribution is 2.31. The summed E-state index contributed by atoms with van der Waals surface area (Å²) < 4.78 is 16.5. The van der Waals surface area contributed by atoms with Crippen molar-refractivity contribution in [2.75, 3.05) is 6.54 Å². The minimum atomic E-state index is -0.510. The van der Waals surface area contributed by atoms with E-state index < -0.39 is 11.4 Å². The van der Waals surface area contributed by atoms with E-state index in [2.05, 4.69) is 22.3 Å². The number of hydrogen-bond acceptors (Lipinski definition) is 3. The van der Waals surface area contributed by atoms with Crippen molar-refractivity contribution in [3.8, 4) is 28.8 Å². The SMILES string of the molecule is Cc1c(C(=O)NC(C)(C)C)nn(-c2ccc(C#CCN)cc2F)c1-c1ccc(Cl)cc1. The van der Waals surface area contributed by atoms with Gasteiger partial charge >= 0.3 is 0 Å². The zero-order valence-corrected chi connectivity index (χ0v) is 18.6. The van der Waals surface area contributed by atoms with E-state index in [4.69, 9.17) is 17.3 Å². The number of rotatable bonds is 3. The van der Waals surface area contributed by atoms with Gasteiger partial charge in [-0.2, -0.15) is 5.10 Å². The number of nitrogens with zero attached hydrogens (tertiary/aromatic N) is 2. The van der Waals surface area contributed by atoms with E-state index in [-0.39, 0.29) is 23.8 Å². The molecule has 3 rings (SSSR count). The van der Waals surface area contributed by atoms with Gasteiger partial charge in [-0.05, 0) is 58.0 Å². The normalized spacial score (nSPS) is 11.1. The van der Waals surface area contributed by atoms with E-state index >= 15 is 4.39 Å². The molecule has 3 N–H and O–H groups in total. The summed E-state index contributed by atoms with van der Waals surface area (Å²) in [5, 5.41) is 7.98. The first-order valence-electron chi connectivity index (χ1n) is 9.77. The third-order valence-electron chi connectivity index (χ3n) is 4.45. The van der Waals surface area contributed by atoms with Crippen LogP contribution in [0, 0.1) is 24.6 Å². The molecule has 5 nitrogen and oxygen atoms in total. The highest BCUT2D eigenvalue weighted by molar-refractivity contribution is 6.30. The summed E-state index contributed by atoms with van der Waals surface area (Å²) in [5.41, 5.74) is 7.90. The lowest BCUT2D eigenvalue weighted by Gasteiger charge is -2.19. The lowest BCUT2D eigenvalue weighted by atomic mass is 10.0. The highest BCUT2D eigenvalue weighted by atomic mass is 35.5. The average Bonchev–Trinajstić information content (AvgIpc) is 3.03. The summed E-state index contributed by atoms with van der Waals surface area (Å²) in [4.78, 5) is 12.9. The number of amides is 1. The van der Waals surface area contributed by atoms with Gasteiger partial charge in [-0.3, -0.25) is 4.79 Å². The molecule has 0 fully saturated rings. The molecular formula is C24H24ClFN4O. The Balaban J connectivity index is 2.20. The molecule has 0 atom stereocenters. The van der Waals surface area contributed by atoms with Crippen molar-refractivity contribution in [2.24, 2.45) is 5.73 Å². The number of hydrogen-bond donors (Lipinski definition) is 2. The molecule has 1 amide bonds. The Morgan fingerprint density at radius 3 is 2.48 bits per heavy atom. The number of nitrogens with two attached hydrogens (primary N) is 1. The summed E-state index contributed by atoms with van der Waals surface area (Å²) in [7, 11) is 0. The van der Waals surface area contributed by atoms with Crippen LogP contribution in [0.25, 0.3) is 16.9 Å². The van der Waals surface area contributed by atoms with Crippen LogP contribution in [0.4, 0.5) is 4.39 Å². The predicted molar refractivity (Wildman–Crippen MR) is 122 cm³/mol. The minimum absolute atomic E-state index is 0.189. The first-order chi connectivity index (χ1) is 14.6. The van der Waals surface area contributed by atoms with E-state index in [9.17, 15) is 4.79 Å². The van der Waals surface area contributed by atoms with E-state index in [1.54, 1.807) is 31.2 Å². The van der Waals surface area contributed by atoms with Gasteiger partial charge in [0.1, 0.15) is 11.5 Å². The maximum Gasteiger partial charge on any atom is 0.272 e. The second-order valence-corrected chi connectivity index (χ2v) is 8.55. The fraction of sp³-hybridized carbons (Fsp3) is 0.250. The van der Waals surface area contributed by atoms with Gasteiger partial charge in [0.15, 0.2) is 5.69 Å². The Hall–Kier alpha value is -3.14. The summed E-state index contributed by atoms with van der Waals surface area (Å²) in [5.74, 6) is 4.68. The molecule has 0 unspecified atom stereocenters. The van der Waals surface area contributed by atoms with Crippen molar-refractivity contribution in [1.29, 1.82) is 0 Å². The molecule has 0 aliphatic rings. The van der Waals surface area contributed by atoms with Crippen molar-refractivity contribution in [1.82, 2.24) is 15.1 Å². The number of nitrogens with one attached hydrogen (secondary N) is 1. The van der Waals surface area contributed by atoms with Gasteiger partial charge in [0.25, 0.3) is 5.91 Å². The fourth-order valence-electron chi connectivity index (χ4n) is 3.14. The van der Waals surface area contributed by atoms with Crippen molar-refractivity contribution >= 4 is 17.5 Å². The molecular weight excluding hydrogens is 415 g/mol. The Labute approximate surface area is 186 Å². The molecule has 3 aromatic rings. The molecule has 2 aromatic carbocycles. The molecule has 1 heterocycles. The van der Waals surface area contributed by atoms with Crippen LogP contribution >= 0.6 is 11.6 Å². The summed E-state index contributed by atoms with van der Waals surface area (Å²) in [6.07, 6.45) is 0. The lowest BCUT2D eigenvalue weighted by Crippen LogP contribution is -2.41. The first-order valence-corrected chi connectivity index (χ1v) is 10.2. The van der Waals surface area contributed by atoms with Gasteiger partial charge < -0.3 is 11.1 Å². The van der Waals surface area contributed by atoms with Crippen LogP contribution in [0.1, 0.15) is 42.4 Å². The van der Waals surface area contributed by atoms with Crippen molar-refractivity contribution in [2.45, 2.75) is 33.2 Å². The second-order valence-electron chi connectivity index (χ2n) is 8.12. The number of halogens is 2. The molecule has 0 bridgehead atoms. The van der Waals surface area contributed by atoms with Crippen LogP contribution in [0.2, 0.25) is 5.02 Å². The number of carbonyl (C=O) groups is 1. The smallest absolute Gasteiger partial charge is 0.272 e. The molecule has 31 heavy (non-hydrogen) atoms. The topological polar surface area (TPSA) is 72.9 Å². The number of benzene rings is 2. The van der Waals surface area contributed by atoms with Crippen LogP contribution in [0.5, 0.6) is 0 Å². The molecule has 0 aliphatic heterocycles. The molecule has 160 valence electrons. The Morgan fingerprint density at radius 2 is 1.90 bits per heavy atom. The van der Waals surface area contributed by atoms with Crippen LogP contribution in [0.3, 0.4) is 0 Å². The van der Waals surface area contributed by atoms with E-state index in [0.717, 1.165) is 5.56 Å². The molecule has 0 saturated carbocycles. The molecule has 1 aromatic heterocycles. The zero-order chi connectivity index (χ0) is 22.8. The molecule has 0 radical (unpaired) electrons. The molecule has 7 heteroatoms. The minimum Gasteiger partial charge on any atom is -0.346 e. The fourth-order valence-corrected chi connectivity index (χ4v) is 3.27. The third-order valence-corrected chi connectivity index (χ3v) is 4.71. The predicted octanol–water partition coefficient (Wildman–Crippen LogP) is 4.48. The second kappa shape index (κ2) is 8.93. The van der Waals surface area contributed by atoms with Gasteiger partial charge in [0.2, 0.25) is 0 Å². The van der Waals surface area contributed by atoms with Gasteiger partial charge in [0, 0.05) is 27.3 Å².